The first-order chi connectivity index (χ1) is 23.7. The van der Waals surface area contributed by atoms with Gasteiger partial charge in [-0.05, 0) is 63.4 Å². The third kappa shape index (κ3) is 13.8. The fraction of sp³-hybridized carbons (Fsp3) is 0.438. The summed E-state index contributed by atoms with van der Waals surface area (Å²) in [6, 6.07) is 14.4. The molecule has 1 heterocycles. The lowest BCUT2D eigenvalue weighted by molar-refractivity contribution is -0.193. The number of carboxylic acids is 2. The highest BCUT2D eigenvalue weighted by Crippen LogP contribution is 2.27. The molecule has 19 heteroatoms. The van der Waals surface area contributed by atoms with E-state index < -0.39 is 24.3 Å². The molecule has 4 rings (SSSR count). The zero-order valence-corrected chi connectivity index (χ0v) is 28.0. The quantitative estimate of drug-likeness (QED) is 0.0889. The number of carbonyl (C=O) groups is 3. The Bertz CT molecular complexity index is 1650. The molecule has 2 aromatic carbocycles. The third-order valence-corrected chi connectivity index (χ3v) is 7.38. The van der Waals surface area contributed by atoms with Crippen LogP contribution in [0.1, 0.15) is 54.4 Å². The van der Waals surface area contributed by atoms with Gasteiger partial charge in [-0.2, -0.15) is 26.3 Å². The summed E-state index contributed by atoms with van der Waals surface area (Å²) in [6.07, 6.45) is -6.16. The molecule has 1 amide bonds. The minimum Gasteiger partial charge on any atom is -0.475 e. The molecule has 1 fully saturated rings. The molecule has 280 valence electrons. The first-order valence-corrected chi connectivity index (χ1v) is 15.6. The van der Waals surface area contributed by atoms with Crippen LogP contribution in [0.2, 0.25) is 0 Å². The molecule has 0 radical (unpaired) electrons. The number of benzene rings is 2. The fourth-order valence-corrected chi connectivity index (χ4v) is 4.98. The number of nitrogens with one attached hydrogen (secondary N) is 4. The van der Waals surface area contributed by atoms with E-state index in [0.717, 1.165) is 54.4 Å². The molecule has 3 aromatic rings. The van der Waals surface area contributed by atoms with Crippen LogP contribution in [0.3, 0.4) is 0 Å². The van der Waals surface area contributed by atoms with Crippen molar-refractivity contribution in [2.75, 3.05) is 29.9 Å². The summed E-state index contributed by atoms with van der Waals surface area (Å²) in [4.78, 5) is 42.4. The van der Waals surface area contributed by atoms with E-state index in [1.165, 1.54) is 5.56 Å². The average Bonchev–Trinajstić information content (AvgIpc) is 3.03. The van der Waals surface area contributed by atoms with Crippen LogP contribution in [0.25, 0.3) is 10.9 Å². The van der Waals surface area contributed by atoms with Gasteiger partial charge in [0.25, 0.3) is 5.91 Å². The maximum Gasteiger partial charge on any atom is 0.490 e. The second-order valence-electron chi connectivity index (χ2n) is 11.4. The van der Waals surface area contributed by atoms with Gasteiger partial charge in [0.2, 0.25) is 5.82 Å². The third-order valence-electron chi connectivity index (χ3n) is 7.38. The van der Waals surface area contributed by atoms with E-state index in [1.54, 1.807) is 0 Å². The predicted octanol–water partition coefficient (Wildman–Crippen LogP) is 4.98. The first-order valence-electron chi connectivity index (χ1n) is 15.6. The van der Waals surface area contributed by atoms with Gasteiger partial charge in [-0.25, -0.2) is 19.6 Å². The average molecular weight is 731 g/mol. The summed E-state index contributed by atoms with van der Waals surface area (Å²) < 4.78 is 63.5. The lowest BCUT2D eigenvalue weighted by Gasteiger charge is -2.33. The topological polar surface area (TPSA) is 207 Å². The minimum absolute atomic E-state index is 0.0278. The number of nitrogens with zero attached hydrogens (tertiary/aromatic N) is 3. The van der Waals surface area contributed by atoms with Gasteiger partial charge in [-0.3, -0.25) is 10.2 Å². The number of halogens is 6. The highest BCUT2D eigenvalue weighted by atomic mass is 19.4. The monoisotopic (exact) mass is 730 g/mol. The number of nitrogens with two attached hydrogens (primary N) is 1. The van der Waals surface area contributed by atoms with Crippen LogP contribution in [-0.2, 0) is 9.59 Å². The molecule has 1 aliphatic rings. The van der Waals surface area contributed by atoms with E-state index >= 15 is 0 Å². The molecule has 13 nitrogen and oxygen atoms in total. The van der Waals surface area contributed by atoms with Crippen molar-refractivity contribution in [3.8, 4) is 0 Å². The van der Waals surface area contributed by atoms with E-state index in [1.807, 2.05) is 31.2 Å². The smallest absolute Gasteiger partial charge is 0.475 e. The summed E-state index contributed by atoms with van der Waals surface area (Å²) in [5, 5.41) is 32.4. The highest BCUT2D eigenvalue weighted by molar-refractivity contribution is 5.96. The normalized spacial score (nSPS) is 15.6. The molecule has 2 atom stereocenters. The van der Waals surface area contributed by atoms with Crippen LogP contribution in [0.15, 0.2) is 42.5 Å². The van der Waals surface area contributed by atoms with E-state index in [2.05, 4.69) is 62.9 Å². The number of alkyl halides is 6. The Morgan fingerprint density at radius 2 is 1.49 bits per heavy atom. The number of aliphatic carboxylic acids is 2. The minimum atomic E-state index is -5.08. The predicted molar refractivity (Wildman–Crippen MR) is 178 cm³/mol. The van der Waals surface area contributed by atoms with Crippen LogP contribution in [0.5, 0.6) is 0 Å². The number of aromatic nitrogens is 2. The van der Waals surface area contributed by atoms with Crippen LogP contribution in [0.4, 0.5) is 37.8 Å². The van der Waals surface area contributed by atoms with Crippen molar-refractivity contribution in [3.05, 3.63) is 59.4 Å². The summed E-state index contributed by atoms with van der Waals surface area (Å²) in [6.45, 7) is 8.22. The Morgan fingerprint density at radius 1 is 0.922 bits per heavy atom. The first kappa shape index (κ1) is 41.8. The van der Waals surface area contributed by atoms with Gasteiger partial charge in [0, 0.05) is 42.8 Å². The molecule has 1 aliphatic carbocycles. The Balaban J connectivity index is 0.000000543. The molecule has 0 saturated heterocycles. The van der Waals surface area contributed by atoms with Gasteiger partial charge in [0.1, 0.15) is 5.82 Å². The van der Waals surface area contributed by atoms with Gasteiger partial charge < -0.3 is 36.8 Å². The Labute approximate surface area is 289 Å². The fourth-order valence-electron chi connectivity index (χ4n) is 4.98. The summed E-state index contributed by atoms with van der Waals surface area (Å²) in [5.74, 6) is -5.07. The summed E-state index contributed by atoms with van der Waals surface area (Å²) in [5.41, 5.74) is 9.79. The maximum atomic E-state index is 13.1. The molecule has 0 spiro atoms. The number of hydrogen-bond acceptors (Lipinski definition) is 8. The zero-order chi connectivity index (χ0) is 38.5. The largest absolute Gasteiger partial charge is 0.490 e. The number of aryl methyl sites for hydroxylation is 2. The van der Waals surface area contributed by atoms with E-state index in [0.29, 0.717) is 18.9 Å². The molecule has 51 heavy (non-hydrogen) atoms. The Kier molecular flexibility index (Phi) is 15.2. The van der Waals surface area contributed by atoms with Gasteiger partial charge in [-0.15, -0.1) is 0 Å². The molecule has 0 bridgehead atoms. The van der Waals surface area contributed by atoms with Gasteiger partial charge in [0.15, 0.2) is 5.96 Å². The Hall–Kier alpha value is -5.36. The Morgan fingerprint density at radius 3 is 2.02 bits per heavy atom. The number of hydrogen-bond donors (Lipinski definition) is 7. The van der Waals surface area contributed by atoms with Crippen molar-refractivity contribution in [2.24, 2.45) is 5.73 Å². The van der Waals surface area contributed by atoms with Gasteiger partial charge in [-0.1, -0.05) is 36.6 Å². The van der Waals surface area contributed by atoms with E-state index in [-0.39, 0.29) is 29.8 Å². The maximum absolute atomic E-state index is 13.1. The molecule has 1 aromatic heterocycles. The molecular weight excluding hydrogens is 690 g/mol. The zero-order valence-electron chi connectivity index (χ0n) is 28.0. The highest BCUT2D eigenvalue weighted by Gasteiger charge is 2.39. The lowest BCUT2D eigenvalue weighted by atomic mass is 9.90. The van der Waals surface area contributed by atoms with Gasteiger partial charge in [0.05, 0.1) is 5.52 Å². The number of anilines is 2. The number of likely N-dealkylation sites (N-methyl/N-ethyl adjacent to an activating group) is 1. The number of carbonyl (C=O) groups excluding carboxylic acids is 1. The SMILES string of the molecule is CCN(CCNC(=O)c1nc(NC2CCCCC2NC(=N)N)c2cc(C)ccc2n1)c1cccc(C)c1.O=C(O)C(F)(F)F.O=C(O)C(F)(F)F. The van der Waals surface area contributed by atoms with Crippen molar-refractivity contribution < 1.29 is 50.9 Å². The number of amides is 1. The number of fused-ring (bicyclic) bond motifs is 1. The van der Waals surface area contributed by atoms with Crippen LogP contribution < -0.4 is 26.6 Å². The van der Waals surface area contributed by atoms with Crippen molar-refractivity contribution in [2.45, 2.75) is 70.9 Å². The van der Waals surface area contributed by atoms with Crippen molar-refractivity contribution >= 4 is 46.2 Å². The lowest BCUT2D eigenvalue weighted by Crippen LogP contribution is -2.50. The second kappa shape index (κ2) is 18.6. The molecule has 0 aliphatic heterocycles. The van der Waals surface area contributed by atoms with Crippen molar-refractivity contribution in [3.63, 3.8) is 0 Å². The molecule has 8 N–H and O–H groups in total. The summed E-state index contributed by atoms with van der Waals surface area (Å²) >= 11 is 0. The van der Waals surface area contributed by atoms with Crippen LogP contribution in [-0.4, -0.2) is 88.1 Å². The number of guanidine groups is 1. The number of rotatable bonds is 9. The second-order valence-corrected chi connectivity index (χ2v) is 11.4. The van der Waals surface area contributed by atoms with E-state index in [9.17, 15) is 31.1 Å². The van der Waals surface area contributed by atoms with Crippen LogP contribution >= 0.6 is 0 Å². The van der Waals surface area contributed by atoms with Crippen LogP contribution in [0, 0.1) is 19.3 Å². The molecular formula is C32H40F6N8O5. The molecule has 1 saturated carbocycles. The molecule has 2 unspecified atom stereocenters. The summed E-state index contributed by atoms with van der Waals surface area (Å²) in [7, 11) is 0. The van der Waals surface area contributed by atoms with Crippen molar-refractivity contribution in [1.82, 2.24) is 20.6 Å². The standard InChI is InChI=1S/C28H38N8O.2C2HF3O2/c1-4-36(20-9-7-8-18(2)16-20)15-14-31-27(37)26-32-22-13-12-19(3)17-21(22)25(35-26)33-23-10-5-6-11-24(23)34-28(29)30;2*3-2(4,5)1(6)7/h7-9,12-13,16-17,23-24H,4-6,10-11,14-15H2,1-3H3,(H,31,37)(H4,29,30,34)(H,32,33,35);2*(H,6,7). The van der Waals surface area contributed by atoms with Crippen molar-refractivity contribution in [1.29, 1.82) is 5.41 Å². The number of carboxylic acid groups (broad SMARTS) is 2. The van der Waals surface area contributed by atoms with Gasteiger partial charge >= 0.3 is 24.3 Å². The van der Waals surface area contributed by atoms with E-state index in [4.69, 9.17) is 30.9 Å².